The number of nitrogens with zero attached hydrogens (tertiary/aromatic N) is 1. The second-order valence-corrected chi connectivity index (χ2v) is 4.46. The van der Waals surface area contributed by atoms with Crippen molar-refractivity contribution in [1.29, 1.82) is 0 Å². The Labute approximate surface area is 111 Å². The van der Waals surface area contributed by atoms with E-state index in [-0.39, 0.29) is 18.4 Å². The number of nitrogens with two attached hydrogens (primary N) is 1. The highest BCUT2D eigenvalue weighted by atomic mass is 16.2. The second kappa shape index (κ2) is 7.32. The second-order valence-electron chi connectivity index (χ2n) is 4.46. The summed E-state index contributed by atoms with van der Waals surface area (Å²) in [6, 6.07) is 3.15. The van der Waals surface area contributed by atoms with Crippen LogP contribution in [0.4, 0.5) is 5.82 Å². The average Bonchev–Trinajstić information content (AvgIpc) is 2.42. The minimum Gasteiger partial charge on any atom is -0.354 e. The van der Waals surface area contributed by atoms with Crippen molar-refractivity contribution >= 4 is 17.6 Å². The largest absolute Gasteiger partial charge is 0.354 e. The molecule has 7 heteroatoms. The van der Waals surface area contributed by atoms with Gasteiger partial charge in [-0.2, -0.15) is 0 Å². The molecule has 0 fully saturated rings. The van der Waals surface area contributed by atoms with E-state index in [0.717, 1.165) is 0 Å². The predicted molar refractivity (Wildman–Crippen MR) is 72.2 cm³/mol. The number of carbonyl (C=O) groups is 2. The molecule has 104 valence electrons. The molecule has 0 radical (unpaired) electrons. The number of anilines is 1. The first-order valence-electron chi connectivity index (χ1n) is 6.00. The van der Waals surface area contributed by atoms with Crippen LogP contribution in [0, 0.1) is 5.92 Å². The number of carbonyl (C=O) groups excluding carboxylic acids is 2. The van der Waals surface area contributed by atoms with Gasteiger partial charge in [-0.05, 0) is 18.1 Å². The highest BCUT2D eigenvalue weighted by Gasteiger charge is 2.08. The van der Waals surface area contributed by atoms with Gasteiger partial charge in [-0.25, -0.2) is 10.8 Å². The molecule has 7 nitrogen and oxygen atoms in total. The molecule has 0 spiro atoms. The zero-order valence-corrected chi connectivity index (χ0v) is 11.1. The molecule has 0 aliphatic carbocycles. The third-order valence-corrected chi connectivity index (χ3v) is 2.29. The van der Waals surface area contributed by atoms with Gasteiger partial charge in [0.05, 0.1) is 12.1 Å². The molecule has 0 unspecified atom stereocenters. The molecule has 0 aliphatic rings. The number of rotatable bonds is 6. The molecule has 0 bridgehead atoms. The zero-order valence-electron chi connectivity index (χ0n) is 11.1. The van der Waals surface area contributed by atoms with Gasteiger partial charge in [0.15, 0.2) is 0 Å². The van der Waals surface area contributed by atoms with Crippen LogP contribution < -0.4 is 21.9 Å². The Morgan fingerprint density at radius 1 is 1.32 bits per heavy atom. The summed E-state index contributed by atoms with van der Waals surface area (Å²) in [5.74, 6) is 5.44. The SMILES string of the molecule is CC(C)CNC(=O)CNC(=O)c1ccc(NN)nc1. The van der Waals surface area contributed by atoms with E-state index in [1.54, 1.807) is 12.1 Å². The monoisotopic (exact) mass is 265 g/mol. The summed E-state index contributed by atoms with van der Waals surface area (Å²) >= 11 is 0. The van der Waals surface area contributed by atoms with Crippen LogP contribution in [0.1, 0.15) is 24.2 Å². The van der Waals surface area contributed by atoms with E-state index in [4.69, 9.17) is 5.84 Å². The summed E-state index contributed by atoms with van der Waals surface area (Å²) in [5.41, 5.74) is 2.73. The van der Waals surface area contributed by atoms with Crippen LogP contribution in [-0.4, -0.2) is 29.9 Å². The third kappa shape index (κ3) is 5.35. The minimum absolute atomic E-state index is 0.0531. The first-order chi connectivity index (χ1) is 9.02. The van der Waals surface area contributed by atoms with Gasteiger partial charge in [0.25, 0.3) is 5.91 Å². The van der Waals surface area contributed by atoms with Crippen LogP contribution >= 0.6 is 0 Å². The number of amides is 2. The topological polar surface area (TPSA) is 109 Å². The molecule has 0 saturated carbocycles. The Morgan fingerprint density at radius 3 is 2.58 bits per heavy atom. The zero-order chi connectivity index (χ0) is 14.3. The fraction of sp³-hybridized carbons (Fsp3) is 0.417. The van der Waals surface area contributed by atoms with Crippen molar-refractivity contribution in [3.05, 3.63) is 23.9 Å². The molecule has 1 aromatic heterocycles. The summed E-state index contributed by atoms with van der Waals surface area (Å²) in [6.07, 6.45) is 1.39. The van der Waals surface area contributed by atoms with Gasteiger partial charge in [0, 0.05) is 12.7 Å². The molecule has 0 aliphatic heterocycles. The van der Waals surface area contributed by atoms with Crippen molar-refractivity contribution in [1.82, 2.24) is 15.6 Å². The molecule has 2 amide bonds. The summed E-state index contributed by atoms with van der Waals surface area (Å²) in [6.45, 7) is 4.53. The van der Waals surface area contributed by atoms with Crippen LogP contribution in [0.3, 0.4) is 0 Å². The molecular formula is C12H19N5O2. The average molecular weight is 265 g/mol. The maximum atomic E-state index is 11.7. The van der Waals surface area contributed by atoms with E-state index in [2.05, 4.69) is 21.0 Å². The van der Waals surface area contributed by atoms with Gasteiger partial charge in [-0.3, -0.25) is 9.59 Å². The number of nitrogen functional groups attached to an aromatic ring is 1. The molecule has 19 heavy (non-hydrogen) atoms. The lowest BCUT2D eigenvalue weighted by molar-refractivity contribution is -0.120. The minimum atomic E-state index is -0.351. The maximum Gasteiger partial charge on any atom is 0.253 e. The molecule has 1 heterocycles. The molecule has 0 saturated heterocycles. The smallest absolute Gasteiger partial charge is 0.253 e. The Morgan fingerprint density at radius 2 is 2.05 bits per heavy atom. The molecule has 1 rings (SSSR count). The van der Waals surface area contributed by atoms with Gasteiger partial charge >= 0.3 is 0 Å². The number of hydrogen-bond acceptors (Lipinski definition) is 5. The molecule has 5 N–H and O–H groups in total. The highest BCUT2D eigenvalue weighted by Crippen LogP contribution is 2.02. The summed E-state index contributed by atoms with van der Waals surface area (Å²) in [5, 5.41) is 5.23. The standard InChI is InChI=1S/C12H19N5O2/c1-8(2)5-15-11(18)7-16-12(19)9-3-4-10(17-13)14-6-9/h3-4,6,8H,5,7,13H2,1-2H3,(H,14,17)(H,15,18)(H,16,19). The van der Waals surface area contributed by atoms with E-state index in [0.29, 0.717) is 23.8 Å². The lowest BCUT2D eigenvalue weighted by atomic mass is 10.2. The number of hydrogen-bond donors (Lipinski definition) is 4. The maximum absolute atomic E-state index is 11.7. The molecule has 0 aromatic carbocycles. The van der Waals surface area contributed by atoms with Crippen LogP contribution in [0.15, 0.2) is 18.3 Å². The first kappa shape index (κ1) is 14.9. The summed E-state index contributed by atoms with van der Waals surface area (Å²) in [4.78, 5) is 27.0. The van der Waals surface area contributed by atoms with Crippen molar-refractivity contribution in [2.75, 3.05) is 18.5 Å². The highest BCUT2D eigenvalue weighted by molar-refractivity contribution is 5.96. The van der Waals surface area contributed by atoms with E-state index < -0.39 is 0 Å². The molecular weight excluding hydrogens is 246 g/mol. The number of aromatic nitrogens is 1. The number of hydrazine groups is 1. The Kier molecular flexibility index (Phi) is 5.74. The molecule has 1 aromatic rings. The number of nitrogens with one attached hydrogen (secondary N) is 3. The van der Waals surface area contributed by atoms with E-state index in [1.807, 2.05) is 13.8 Å². The van der Waals surface area contributed by atoms with Crippen molar-refractivity contribution in [3.63, 3.8) is 0 Å². The first-order valence-corrected chi connectivity index (χ1v) is 6.00. The van der Waals surface area contributed by atoms with Crippen LogP contribution in [-0.2, 0) is 4.79 Å². The van der Waals surface area contributed by atoms with Gasteiger partial charge in [0.1, 0.15) is 5.82 Å². The van der Waals surface area contributed by atoms with E-state index in [1.165, 1.54) is 6.20 Å². The van der Waals surface area contributed by atoms with Gasteiger partial charge in [-0.1, -0.05) is 13.8 Å². The lowest BCUT2D eigenvalue weighted by Crippen LogP contribution is -2.38. The van der Waals surface area contributed by atoms with Crippen LogP contribution in [0.5, 0.6) is 0 Å². The fourth-order valence-corrected chi connectivity index (χ4v) is 1.26. The molecule has 0 atom stereocenters. The Balaban J connectivity index is 2.40. The quantitative estimate of drug-likeness (QED) is 0.423. The van der Waals surface area contributed by atoms with Gasteiger partial charge < -0.3 is 16.1 Å². The van der Waals surface area contributed by atoms with Gasteiger partial charge in [-0.15, -0.1) is 0 Å². The van der Waals surface area contributed by atoms with Crippen molar-refractivity contribution < 1.29 is 9.59 Å². The van der Waals surface area contributed by atoms with Crippen LogP contribution in [0.2, 0.25) is 0 Å². The van der Waals surface area contributed by atoms with Gasteiger partial charge in [0.2, 0.25) is 5.91 Å². The third-order valence-electron chi connectivity index (χ3n) is 2.29. The summed E-state index contributed by atoms with van der Waals surface area (Å²) < 4.78 is 0. The van der Waals surface area contributed by atoms with Crippen molar-refractivity contribution in [2.24, 2.45) is 11.8 Å². The van der Waals surface area contributed by atoms with E-state index in [9.17, 15) is 9.59 Å². The summed E-state index contributed by atoms with van der Waals surface area (Å²) in [7, 11) is 0. The lowest BCUT2D eigenvalue weighted by Gasteiger charge is -2.08. The predicted octanol–water partition coefficient (Wildman–Crippen LogP) is -0.131. The fourth-order valence-electron chi connectivity index (χ4n) is 1.26. The van der Waals surface area contributed by atoms with Crippen LogP contribution in [0.25, 0.3) is 0 Å². The Hall–Kier alpha value is -2.15. The van der Waals surface area contributed by atoms with Crippen molar-refractivity contribution in [3.8, 4) is 0 Å². The number of pyridine rings is 1. The van der Waals surface area contributed by atoms with E-state index >= 15 is 0 Å². The normalized spacial score (nSPS) is 10.1. The van der Waals surface area contributed by atoms with Crippen molar-refractivity contribution in [2.45, 2.75) is 13.8 Å². The Bertz CT molecular complexity index is 430.